The van der Waals surface area contributed by atoms with Gasteiger partial charge < -0.3 is 10.5 Å². The van der Waals surface area contributed by atoms with Gasteiger partial charge in [0.05, 0.1) is 0 Å². The fraction of sp³-hybridized carbons (Fsp3) is 0.125. The summed E-state index contributed by atoms with van der Waals surface area (Å²) in [5.74, 6) is 0.512. The highest BCUT2D eigenvalue weighted by atomic mass is 19.1. The van der Waals surface area contributed by atoms with Crippen molar-refractivity contribution in [1.82, 2.24) is 0 Å². The molecule has 3 heteroatoms. The van der Waals surface area contributed by atoms with E-state index in [2.05, 4.69) is 0 Å². The lowest BCUT2D eigenvalue weighted by Crippen LogP contribution is -1.95. The highest BCUT2D eigenvalue weighted by Gasteiger charge is 1.97. The lowest BCUT2D eigenvalue weighted by atomic mass is 10.2. The first kappa shape index (κ1) is 13.3. The van der Waals surface area contributed by atoms with E-state index in [9.17, 15) is 4.39 Å². The van der Waals surface area contributed by atoms with Gasteiger partial charge in [0.15, 0.2) is 0 Å². The Hall–Kier alpha value is -2.13. The molecule has 0 spiro atoms. The summed E-state index contributed by atoms with van der Waals surface area (Å²) >= 11 is 0. The van der Waals surface area contributed by atoms with E-state index in [1.165, 1.54) is 12.1 Å². The quantitative estimate of drug-likeness (QED) is 0.891. The molecule has 2 N–H and O–H groups in total. The minimum atomic E-state index is -0.247. The summed E-state index contributed by atoms with van der Waals surface area (Å²) in [7, 11) is 0. The average Bonchev–Trinajstić information content (AvgIpc) is 2.44. The molecule has 2 aromatic carbocycles. The first-order valence-corrected chi connectivity index (χ1v) is 6.12. The van der Waals surface area contributed by atoms with E-state index in [1.807, 2.05) is 42.5 Å². The molecule has 0 aliphatic rings. The Morgan fingerprint density at radius 2 is 1.89 bits per heavy atom. The zero-order valence-electron chi connectivity index (χ0n) is 10.6. The summed E-state index contributed by atoms with van der Waals surface area (Å²) in [4.78, 5) is 0. The molecule has 0 saturated carbocycles. The molecule has 0 aromatic heterocycles. The summed E-state index contributed by atoms with van der Waals surface area (Å²) in [6.45, 7) is 0.883. The normalized spacial score (nSPS) is 10.8. The van der Waals surface area contributed by atoms with Crippen LogP contribution in [0, 0.1) is 5.82 Å². The van der Waals surface area contributed by atoms with E-state index in [0.717, 1.165) is 16.9 Å². The van der Waals surface area contributed by atoms with Crippen molar-refractivity contribution in [2.24, 2.45) is 5.73 Å². The number of halogens is 1. The van der Waals surface area contributed by atoms with E-state index in [4.69, 9.17) is 10.5 Å². The number of hydrogen-bond acceptors (Lipinski definition) is 2. The predicted octanol–water partition coefficient (Wildman–Crippen LogP) is 3.38. The lowest BCUT2D eigenvalue weighted by molar-refractivity contribution is 0.305. The van der Waals surface area contributed by atoms with Crippen LogP contribution in [0.2, 0.25) is 0 Å². The fourth-order valence-corrected chi connectivity index (χ4v) is 1.67. The van der Waals surface area contributed by atoms with Crippen molar-refractivity contribution < 1.29 is 9.13 Å². The molecule has 0 radical (unpaired) electrons. The summed E-state index contributed by atoms with van der Waals surface area (Å²) in [5, 5.41) is 0. The van der Waals surface area contributed by atoms with Crippen LogP contribution in [0.4, 0.5) is 4.39 Å². The summed E-state index contributed by atoms with van der Waals surface area (Å²) in [6, 6.07) is 14.1. The predicted molar refractivity (Wildman–Crippen MR) is 75.3 cm³/mol. The minimum Gasteiger partial charge on any atom is -0.489 e. The molecule has 0 fully saturated rings. The molecule has 0 heterocycles. The Bertz CT molecular complexity index is 549. The first-order valence-electron chi connectivity index (χ1n) is 6.12. The van der Waals surface area contributed by atoms with Crippen LogP contribution in [-0.2, 0) is 6.61 Å². The second-order valence-electron chi connectivity index (χ2n) is 4.13. The molecular formula is C16H16FNO. The van der Waals surface area contributed by atoms with Gasteiger partial charge in [0.2, 0.25) is 0 Å². The maximum Gasteiger partial charge on any atom is 0.123 e. The van der Waals surface area contributed by atoms with Gasteiger partial charge in [-0.05, 0) is 35.4 Å². The molecule has 0 bridgehead atoms. The zero-order chi connectivity index (χ0) is 13.5. The van der Waals surface area contributed by atoms with Crippen molar-refractivity contribution in [1.29, 1.82) is 0 Å². The third-order valence-corrected chi connectivity index (χ3v) is 2.62. The molecule has 0 aliphatic carbocycles. The molecule has 0 aliphatic heterocycles. The van der Waals surface area contributed by atoms with E-state index < -0.39 is 0 Å². The second kappa shape index (κ2) is 6.71. The van der Waals surface area contributed by atoms with Crippen LogP contribution in [0.3, 0.4) is 0 Å². The van der Waals surface area contributed by atoms with Crippen molar-refractivity contribution in [3.05, 3.63) is 71.6 Å². The second-order valence-corrected chi connectivity index (χ2v) is 4.13. The molecule has 0 unspecified atom stereocenters. The standard InChI is InChI=1S/C16H16FNO/c17-15-5-1-3-14(11-15)12-19-16-8-6-13(7-9-16)4-2-10-18/h1-9,11H,10,12,18H2. The van der Waals surface area contributed by atoms with Gasteiger partial charge in [-0.3, -0.25) is 0 Å². The Balaban J connectivity index is 1.94. The molecule has 2 rings (SSSR count). The first-order chi connectivity index (χ1) is 9.28. The molecular weight excluding hydrogens is 241 g/mol. The largest absolute Gasteiger partial charge is 0.489 e. The summed E-state index contributed by atoms with van der Waals surface area (Å²) in [5.41, 5.74) is 7.27. The number of benzene rings is 2. The van der Waals surface area contributed by atoms with E-state index in [-0.39, 0.29) is 5.82 Å². The van der Waals surface area contributed by atoms with Crippen LogP contribution in [0.1, 0.15) is 11.1 Å². The van der Waals surface area contributed by atoms with Crippen LogP contribution in [0.15, 0.2) is 54.6 Å². The average molecular weight is 257 g/mol. The van der Waals surface area contributed by atoms with Gasteiger partial charge in [-0.15, -0.1) is 0 Å². The maximum absolute atomic E-state index is 13.0. The van der Waals surface area contributed by atoms with Gasteiger partial charge in [-0.1, -0.05) is 36.4 Å². The molecule has 0 saturated heterocycles. The van der Waals surface area contributed by atoms with Crippen molar-refractivity contribution in [3.8, 4) is 5.75 Å². The number of hydrogen-bond donors (Lipinski definition) is 1. The SMILES string of the molecule is NCC=Cc1ccc(OCc2cccc(F)c2)cc1. The van der Waals surface area contributed by atoms with Crippen LogP contribution in [-0.4, -0.2) is 6.54 Å². The van der Waals surface area contributed by atoms with Crippen LogP contribution < -0.4 is 10.5 Å². The molecule has 2 aromatic rings. The zero-order valence-corrected chi connectivity index (χ0v) is 10.6. The number of rotatable bonds is 5. The Labute approximate surface area is 112 Å². The Morgan fingerprint density at radius 1 is 1.11 bits per heavy atom. The fourth-order valence-electron chi connectivity index (χ4n) is 1.67. The van der Waals surface area contributed by atoms with Gasteiger partial charge in [0, 0.05) is 6.54 Å². The van der Waals surface area contributed by atoms with E-state index >= 15 is 0 Å². The van der Waals surface area contributed by atoms with Crippen LogP contribution in [0.5, 0.6) is 5.75 Å². The van der Waals surface area contributed by atoms with Crippen LogP contribution in [0.25, 0.3) is 6.08 Å². The molecule has 19 heavy (non-hydrogen) atoms. The van der Waals surface area contributed by atoms with E-state index in [1.54, 1.807) is 6.07 Å². The van der Waals surface area contributed by atoms with Crippen LogP contribution >= 0.6 is 0 Å². The van der Waals surface area contributed by atoms with Gasteiger partial charge in [0.25, 0.3) is 0 Å². The topological polar surface area (TPSA) is 35.2 Å². The Morgan fingerprint density at radius 3 is 2.58 bits per heavy atom. The van der Waals surface area contributed by atoms with Gasteiger partial charge in [-0.25, -0.2) is 4.39 Å². The smallest absolute Gasteiger partial charge is 0.123 e. The molecule has 0 amide bonds. The number of ether oxygens (including phenoxy) is 1. The number of nitrogens with two attached hydrogens (primary N) is 1. The maximum atomic E-state index is 13.0. The lowest BCUT2D eigenvalue weighted by Gasteiger charge is -2.06. The minimum absolute atomic E-state index is 0.247. The van der Waals surface area contributed by atoms with Crippen molar-refractivity contribution in [2.45, 2.75) is 6.61 Å². The van der Waals surface area contributed by atoms with Gasteiger partial charge >= 0.3 is 0 Å². The van der Waals surface area contributed by atoms with Gasteiger partial charge in [-0.2, -0.15) is 0 Å². The van der Waals surface area contributed by atoms with Crippen molar-refractivity contribution in [3.63, 3.8) is 0 Å². The van der Waals surface area contributed by atoms with Gasteiger partial charge in [0.1, 0.15) is 18.2 Å². The van der Waals surface area contributed by atoms with Crippen molar-refractivity contribution >= 4 is 6.08 Å². The highest BCUT2D eigenvalue weighted by Crippen LogP contribution is 2.15. The summed E-state index contributed by atoms with van der Waals surface area (Å²) in [6.07, 6.45) is 3.85. The third kappa shape index (κ3) is 4.23. The van der Waals surface area contributed by atoms with Crippen molar-refractivity contribution in [2.75, 3.05) is 6.54 Å². The molecule has 0 atom stereocenters. The highest BCUT2D eigenvalue weighted by molar-refractivity contribution is 5.50. The molecule has 98 valence electrons. The van der Waals surface area contributed by atoms with E-state index in [0.29, 0.717) is 13.2 Å². The monoisotopic (exact) mass is 257 g/mol. The third-order valence-electron chi connectivity index (χ3n) is 2.62. The molecule has 2 nitrogen and oxygen atoms in total. The Kier molecular flexibility index (Phi) is 4.70. The summed E-state index contributed by atoms with van der Waals surface area (Å²) < 4.78 is 18.6.